The Morgan fingerprint density at radius 1 is 1.89 bits per heavy atom. The zero-order chi connectivity index (χ0) is 6.85. The summed E-state index contributed by atoms with van der Waals surface area (Å²) in [7, 11) is 1.80. The largest absolute Gasteiger partial charge is 0.340 e. The molecule has 1 heterocycles. The molecule has 9 heavy (non-hydrogen) atoms. The van der Waals surface area contributed by atoms with Crippen LogP contribution in [0.25, 0.3) is 0 Å². The number of aromatic nitrogens is 2. The second-order valence-corrected chi connectivity index (χ2v) is 1.85. The predicted molar refractivity (Wildman–Crippen MR) is 32.9 cm³/mol. The molecule has 0 aliphatic heterocycles. The summed E-state index contributed by atoms with van der Waals surface area (Å²) in [5.74, 6) is -0.240. The van der Waals surface area contributed by atoms with Crippen molar-refractivity contribution in [2.75, 3.05) is 0 Å². The molecule has 1 radical (unpaired) electrons. The third-order valence-electron chi connectivity index (χ3n) is 0.991. The highest BCUT2D eigenvalue weighted by atomic mass is 16.1. The van der Waals surface area contributed by atoms with Crippen molar-refractivity contribution in [2.45, 2.75) is 0 Å². The molecular formula is C6H7N2O. The van der Waals surface area contributed by atoms with Crippen LogP contribution < -0.4 is 0 Å². The second kappa shape index (κ2) is 2.01. The Hall–Kier alpha value is -1.12. The molecule has 0 aromatic carbocycles. The molecule has 0 fully saturated rings. The maximum absolute atomic E-state index is 10.5. The number of hydrogen-bond donors (Lipinski definition) is 0. The SMILES string of the molecule is [CH2]C(=O)c1cn(C)cn1. The Bertz CT molecular complexity index is 227. The minimum Gasteiger partial charge on any atom is -0.340 e. The molecule has 3 heteroatoms. The second-order valence-electron chi connectivity index (χ2n) is 1.85. The maximum Gasteiger partial charge on any atom is 0.183 e. The number of carbonyl (C=O) groups is 1. The fourth-order valence-corrected chi connectivity index (χ4v) is 0.557. The fraction of sp³-hybridized carbons (Fsp3) is 0.167. The fourth-order valence-electron chi connectivity index (χ4n) is 0.557. The highest BCUT2D eigenvalue weighted by molar-refractivity contribution is 5.97. The number of hydrogen-bond acceptors (Lipinski definition) is 2. The van der Waals surface area contributed by atoms with Gasteiger partial charge in [0.25, 0.3) is 0 Å². The van der Waals surface area contributed by atoms with E-state index in [9.17, 15) is 4.79 Å². The van der Waals surface area contributed by atoms with Crippen molar-refractivity contribution >= 4 is 5.78 Å². The molecule has 47 valence electrons. The van der Waals surface area contributed by atoms with E-state index in [0.29, 0.717) is 5.69 Å². The van der Waals surface area contributed by atoms with Gasteiger partial charge in [-0.1, -0.05) is 0 Å². The first-order chi connectivity index (χ1) is 4.20. The molecular weight excluding hydrogens is 116 g/mol. The molecule has 0 atom stereocenters. The van der Waals surface area contributed by atoms with Crippen LogP contribution in [0, 0.1) is 6.92 Å². The van der Waals surface area contributed by atoms with E-state index in [-0.39, 0.29) is 5.78 Å². The number of ketones is 1. The van der Waals surface area contributed by atoms with E-state index in [1.807, 2.05) is 0 Å². The number of rotatable bonds is 1. The highest BCUT2D eigenvalue weighted by Gasteiger charge is 1.99. The van der Waals surface area contributed by atoms with Crippen LogP contribution in [0.2, 0.25) is 0 Å². The molecule has 0 saturated carbocycles. The van der Waals surface area contributed by atoms with Gasteiger partial charge >= 0.3 is 0 Å². The predicted octanol–water partition coefficient (Wildman–Crippen LogP) is 0.437. The van der Waals surface area contributed by atoms with Gasteiger partial charge < -0.3 is 4.57 Å². The van der Waals surface area contributed by atoms with Crippen LogP contribution in [-0.2, 0) is 7.05 Å². The molecule has 1 aromatic rings. The summed E-state index contributed by atoms with van der Waals surface area (Å²) in [5, 5.41) is 0. The van der Waals surface area contributed by atoms with Crippen LogP contribution in [0.3, 0.4) is 0 Å². The van der Waals surface area contributed by atoms with Gasteiger partial charge in [-0.3, -0.25) is 4.79 Å². The van der Waals surface area contributed by atoms with Gasteiger partial charge in [0.05, 0.1) is 6.33 Å². The van der Waals surface area contributed by atoms with Crippen LogP contribution in [0.4, 0.5) is 0 Å². The summed E-state index contributed by atoms with van der Waals surface area (Å²) in [6.07, 6.45) is 3.20. The first kappa shape index (κ1) is 6.01. The topological polar surface area (TPSA) is 34.9 Å². The molecule has 0 bridgehead atoms. The van der Waals surface area contributed by atoms with Crippen LogP contribution in [-0.4, -0.2) is 15.3 Å². The van der Waals surface area contributed by atoms with Gasteiger partial charge in [-0.05, 0) is 0 Å². The number of carbonyl (C=O) groups excluding carboxylic acids is 1. The average Bonchev–Trinajstić information content (AvgIpc) is 2.14. The molecule has 0 aliphatic carbocycles. The van der Waals surface area contributed by atoms with Gasteiger partial charge in [-0.2, -0.15) is 0 Å². The Morgan fingerprint density at radius 2 is 2.56 bits per heavy atom. The van der Waals surface area contributed by atoms with Gasteiger partial charge in [0.1, 0.15) is 5.69 Å². The van der Waals surface area contributed by atoms with Crippen molar-refractivity contribution in [2.24, 2.45) is 7.05 Å². The lowest BCUT2D eigenvalue weighted by atomic mass is 10.3. The van der Waals surface area contributed by atoms with Crippen LogP contribution in [0.15, 0.2) is 12.5 Å². The smallest absolute Gasteiger partial charge is 0.183 e. The van der Waals surface area contributed by atoms with Crippen molar-refractivity contribution in [1.29, 1.82) is 0 Å². The summed E-state index contributed by atoms with van der Waals surface area (Å²) in [4.78, 5) is 14.2. The molecule has 1 rings (SSSR count). The third-order valence-corrected chi connectivity index (χ3v) is 0.991. The van der Waals surface area contributed by atoms with E-state index >= 15 is 0 Å². The third kappa shape index (κ3) is 1.16. The van der Waals surface area contributed by atoms with Gasteiger partial charge in [0, 0.05) is 20.2 Å². The van der Waals surface area contributed by atoms with E-state index in [4.69, 9.17) is 0 Å². The lowest BCUT2D eigenvalue weighted by molar-refractivity contribution is 0.104. The Balaban J connectivity index is 2.98. The summed E-state index contributed by atoms with van der Waals surface area (Å²) in [5.41, 5.74) is 0.414. The number of nitrogens with zero attached hydrogens (tertiary/aromatic N) is 2. The van der Waals surface area contributed by atoms with E-state index in [2.05, 4.69) is 11.9 Å². The van der Waals surface area contributed by atoms with Crippen LogP contribution >= 0.6 is 0 Å². The minimum atomic E-state index is -0.240. The van der Waals surface area contributed by atoms with Gasteiger partial charge in [0.15, 0.2) is 5.78 Å². The standard InChI is InChI=1S/C6H7N2O/c1-5(9)6-3-8(2)4-7-6/h3-4H,1H2,2H3. The first-order valence-corrected chi connectivity index (χ1v) is 2.54. The van der Waals surface area contributed by atoms with E-state index in [1.165, 1.54) is 0 Å². The molecule has 0 spiro atoms. The van der Waals surface area contributed by atoms with Crippen molar-refractivity contribution in [3.05, 3.63) is 25.1 Å². The van der Waals surface area contributed by atoms with Crippen molar-refractivity contribution in [3.63, 3.8) is 0 Å². The molecule has 3 nitrogen and oxygen atoms in total. The monoisotopic (exact) mass is 123 g/mol. The lowest BCUT2D eigenvalue weighted by Crippen LogP contribution is -1.90. The zero-order valence-corrected chi connectivity index (χ0v) is 5.16. The lowest BCUT2D eigenvalue weighted by Gasteiger charge is -1.81. The average molecular weight is 123 g/mol. The maximum atomic E-state index is 10.5. The molecule has 0 aliphatic rings. The zero-order valence-electron chi connectivity index (χ0n) is 5.16. The number of Topliss-reactive ketones (excluding diaryl/α,β-unsaturated/α-hetero) is 1. The van der Waals surface area contributed by atoms with E-state index < -0.39 is 0 Å². The van der Waals surface area contributed by atoms with Crippen LogP contribution in [0.1, 0.15) is 10.5 Å². The van der Waals surface area contributed by atoms with Crippen molar-refractivity contribution < 1.29 is 4.79 Å². The quantitative estimate of drug-likeness (QED) is 0.508. The summed E-state index contributed by atoms with van der Waals surface area (Å²) < 4.78 is 1.71. The Kier molecular flexibility index (Phi) is 1.34. The number of aryl methyl sites for hydroxylation is 1. The van der Waals surface area contributed by atoms with E-state index in [0.717, 1.165) is 0 Å². The molecule has 0 amide bonds. The summed E-state index contributed by atoms with van der Waals surface area (Å²) >= 11 is 0. The Labute approximate surface area is 53.3 Å². The van der Waals surface area contributed by atoms with Crippen LogP contribution in [0.5, 0.6) is 0 Å². The van der Waals surface area contributed by atoms with E-state index in [1.54, 1.807) is 24.1 Å². The van der Waals surface area contributed by atoms with Gasteiger partial charge in [0.2, 0.25) is 0 Å². The number of imidazole rings is 1. The first-order valence-electron chi connectivity index (χ1n) is 2.54. The van der Waals surface area contributed by atoms with Gasteiger partial charge in [-0.25, -0.2) is 4.98 Å². The Morgan fingerprint density at radius 3 is 2.78 bits per heavy atom. The molecule has 0 N–H and O–H groups in total. The minimum absolute atomic E-state index is 0.240. The van der Waals surface area contributed by atoms with Crippen molar-refractivity contribution in [3.8, 4) is 0 Å². The molecule has 1 aromatic heterocycles. The molecule has 0 unspecified atom stereocenters. The summed E-state index contributed by atoms with van der Waals surface area (Å²) in [6.45, 7) is 3.21. The normalized spacial score (nSPS) is 9.56. The highest BCUT2D eigenvalue weighted by Crippen LogP contribution is 1.92. The molecule has 0 saturated heterocycles. The van der Waals surface area contributed by atoms with Crippen molar-refractivity contribution in [1.82, 2.24) is 9.55 Å². The summed E-state index contributed by atoms with van der Waals surface area (Å²) in [6, 6.07) is 0. The van der Waals surface area contributed by atoms with Gasteiger partial charge in [-0.15, -0.1) is 0 Å².